The number of pyridine rings is 1. The lowest BCUT2D eigenvalue weighted by Gasteiger charge is -2.28. The van der Waals surface area contributed by atoms with E-state index in [4.69, 9.17) is 4.74 Å². The highest BCUT2D eigenvalue weighted by molar-refractivity contribution is 5.88. The molecule has 1 aliphatic heterocycles. The fraction of sp³-hybridized carbons (Fsp3) is 0.435. The van der Waals surface area contributed by atoms with Crippen molar-refractivity contribution in [3.05, 3.63) is 47.5 Å². The molecule has 2 atom stereocenters. The highest BCUT2D eigenvalue weighted by Crippen LogP contribution is 2.32. The van der Waals surface area contributed by atoms with Gasteiger partial charge in [-0.3, -0.25) is 4.98 Å². The summed E-state index contributed by atoms with van der Waals surface area (Å²) in [6.07, 6.45) is 3.04. The number of rotatable bonds is 6. The third kappa shape index (κ3) is 4.51. The Morgan fingerprint density at radius 1 is 1.26 bits per heavy atom. The van der Waals surface area contributed by atoms with Crippen molar-refractivity contribution in [2.75, 3.05) is 25.6 Å². The number of hydrogen-bond acceptors (Lipinski definition) is 7. The van der Waals surface area contributed by atoms with Crippen LogP contribution in [0.2, 0.25) is 0 Å². The van der Waals surface area contributed by atoms with Gasteiger partial charge >= 0.3 is 0 Å². The van der Waals surface area contributed by atoms with E-state index in [9.17, 15) is 9.50 Å². The molecule has 0 aliphatic carbocycles. The summed E-state index contributed by atoms with van der Waals surface area (Å²) in [4.78, 5) is 13.1. The van der Waals surface area contributed by atoms with Gasteiger partial charge in [0.25, 0.3) is 0 Å². The van der Waals surface area contributed by atoms with Crippen molar-refractivity contribution >= 4 is 16.9 Å². The number of aromatic nitrogens is 3. The van der Waals surface area contributed by atoms with Crippen LogP contribution in [0.4, 0.5) is 10.3 Å². The van der Waals surface area contributed by atoms with Crippen molar-refractivity contribution < 1.29 is 14.2 Å². The summed E-state index contributed by atoms with van der Waals surface area (Å²) < 4.78 is 20.0. The van der Waals surface area contributed by atoms with Crippen molar-refractivity contribution in [1.29, 1.82) is 0 Å². The quantitative estimate of drug-likeness (QED) is 0.558. The number of halogens is 1. The largest absolute Gasteiger partial charge is 0.389 e. The molecule has 31 heavy (non-hydrogen) atoms. The van der Waals surface area contributed by atoms with Gasteiger partial charge in [-0.25, -0.2) is 14.4 Å². The van der Waals surface area contributed by atoms with E-state index in [-0.39, 0.29) is 30.2 Å². The van der Waals surface area contributed by atoms with Gasteiger partial charge < -0.3 is 20.5 Å². The minimum atomic E-state index is -0.656. The molecule has 8 heteroatoms. The van der Waals surface area contributed by atoms with Crippen LogP contribution < -0.4 is 10.6 Å². The predicted octanol–water partition coefficient (Wildman–Crippen LogP) is 3.24. The molecule has 164 valence electrons. The van der Waals surface area contributed by atoms with Crippen LogP contribution in [0.3, 0.4) is 0 Å². The Hall–Kier alpha value is -2.68. The molecule has 3 N–H and O–H groups in total. The summed E-state index contributed by atoms with van der Waals surface area (Å²) >= 11 is 0. The van der Waals surface area contributed by atoms with Gasteiger partial charge in [0, 0.05) is 30.3 Å². The molecule has 0 spiro atoms. The topological polar surface area (TPSA) is 92.2 Å². The van der Waals surface area contributed by atoms with E-state index in [1.165, 1.54) is 11.8 Å². The highest BCUT2D eigenvalue weighted by atomic mass is 19.1. The number of nitrogens with zero attached hydrogens (tertiary/aromatic N) is 3. The molecule has 0 amide bonds. The Morgan fingerprint density at radius 3 is 2.84 bits per heavy atom. The molecule has 0 saturated carbocycles. The number of ether oxygens (including phenoxy) is 1. The van der Waals surface area contributed by atoms with Gasteiger partial charge in [0.15, 0.2) is 5.82 Å². The molecule has 0 bridgehead atoms. The van der Waals surface area contributed by atoms with Gasteiger partial charge in [-0.15, -0.1) is 0 Å². The van der Waals surface area contributed by atoms with Gasteiger partial charge in [0.05, 0.1) is 30.5 Å². The predicted molar refractivity (Wildman–Crippen MR) is 118 cm³/mol. The summed E-state index contributed by atoms with van der Waals surface area (Å²) in [6, 6.07) is 5.45. The molecule has 3 aromatic rings. The van der Waals surface area contributed by atoms with E-state index >= 15 is 0 Å². The Balaban J connectivity index is 1.74. The number of aliphatic hydroxyl groups is 1. The number of fused-ring (bicyclic) bond motifs is 1. The van der Waals surface area contributed by atoms with Crippen LogP contribution in [0.15, 0.2) is 30.6 Å². The lowest BCUT2D eigenvalue weighted by atomic mass is 9.92. The lowest BCUT2D eigenvalue weighted by molar-refractivity contribution is -0.0136. The van der Waals surface area contributed by atoms with Crippen LogP contribution >= 0.6 is 0 Å². The van der Waals surface area contributed by atoms with Crippen molar-refractivity contribution in [2.24, 2.45) is 0 Å². The lowest BCUT2D eigenvalue weighted by Crippen LogP contribution is -2.42. The molecule has 4 rings (SSSR count). The first kappa shape index (κ1) is 21.5. The number of nitrogens with one attached hydrogen (secondary N) is 2. The average Bonchev–Trinajstić information content (AvgIpc) is 2.76. The van der Waals surface area contributed by atoms with Crippen LogP contribution in [0, 0.1) is 5.82 Å². The zero-order valence-electron chi connectivity index (χ0n) is 18.0. The van der Waals surface area contributed by atoms with Gasteiger partial charge in [-0.2, -0.15) is 0 Å². The van der Waals surface area contributed by atoms with Crippen LogP contribution in [-0.2, 0) is 11.3 Å². The van der Waals surface area contributed by atoms with E-state index in [1.807, 2.05) is 31.4 Å². The molecule has 1 aliphatic rings. The first-order valence-corrected chi connectivity index (χ1v) is 10.6. The Morgan fingerprint density at radius 2 is 2.10 bits per heavy atom. The number of aliphatic hydroxyl groups excluding tert-OH is 1. The number of benzene rings is 1. The first-order valence-electron chi connectivity index (χ1n) is 10.6. The van der Waals surface area contributed by atoms with Crippen LogP contribution in [0.1, 0.15) is 37.3 Å². The third-order valence-electron chi connectivity index (χ3n) is 5.60. The summed E-state index contributed by atoms with van der Waals surface area (Å²) in [6.45, 7) is 5.81. The van der Waals surface area contributed by atoms with Crippen LogP contribution in [0.5, 0.6) is 0 Å². The minimum absolute atomic E-state index is 0.217. The van der Waals surface area contributed by atoms with E-state index in [0.29, 0.717) is 25.1 Å². The van der Waals surface area contributed by atoms with Crippen molar-refractivity contribution in [3.8, 4) is 11.3 Å². The normalized spacial score (nSPS) is 19.2. The van der Waals surface area contributed by atoms with E-state index in [0.717, 1.165) is 16.5 Å². The molecular formula is C23H28FN5O2. The molecule has 0 radical (unpaired) electrons. The molecule has 2 aromatic heterocycles. The Bertz CT molecular complexity index is 1080. The average molecular weight is 426 g/mol. The molecule has 1 saturated heterocycles. The highest BCUT2D eigenvalue weighted by Gasteiger charge is 2.24. The van der Waals surface area contributed by atoms with E-state index in [2.05, 4.69) is 39.4 Å². The summed E-state index contributed by atoms with van der Waals surface area (Å²) in [7, 11) is 1.91. The maximum atomic E-state index is 14.7. The third-order valence-corrected chi connectivity index (χ3v) is 5.60. The fourth-order valence-electron chi connectivity index (χ4n) is 4.11. The van der Waals surface area contributed by atoms with Crippen molar-refractivity contribution in [1.82, 2.24) is 20.3 Å². The molecule has 1 fully saturated rings. The zero-order valence-corrected chi connectivity index (χ0v) is 18.0. The molecule has 1 aromatic carbocycles. The van der Waals surface area contributed by atoms with Crippen LogP contribution in [-0.4, -0.2) is 52.5 Å². The zero-order chi connectivity index (χ0) is 22.0. The summed E-state index contributed by atoms with van der Waals surface area (Å²) in [5.74, 6) is 0.0723. The number of hydrogen-bond donors (Lipinski definition) is 3. The van der Waals surface area contributed by atoms with E-state index < -0.39 is 11.9 Å². The first-order chi connectivity index (χ1) is 15.0. The fourth-order valence-corrected chi connectivity index (χ4v) is 4.11. The minimum Gasteiger partial charge on any atom is -0.389 e. The van der Waals surface area contributed by atoms with Crippen molar-refractivity contribution in [2.45, 2.75) is 44.9 Å². The second-order valence-corrected chi connectivity index (χ2v) is 8.19. The van der Waals surface area contributed by atoms with Gasteiger partial charge in [-0.05, 0) is 42.6 Å². The monoisotopic (exact) mass is 425 g/mol. The van der Waals surface area contributed by atoms with Gasteiger partial charge in [0.2, 0.25) is 5.95 Å². The maximum absolute atomic E-state index is 14.7. The standard InChI is InChI=1S/C23H28FN5O2/c1-13(2)21-15(9-25-3)10-26-18-5-4-14(8-16(18)21)22-17(24)11-27-23(29-22)28-19-6-7-31-12-20(19)30/h4-5,8,10-11,13,19-20,25,30H,6-7,9,12H2,1-3H3,(H,27,28,29)/t19-,20-/m1/s1. The number of anilines is 1. The van der Waals surface area contributed by atoms with Gasteiger partial charge in [-0.1, -0.05) is 19.9 Å². The molecular weight excluding hydrogens is 397 g/mol. The van der Waals surface area contributed by atoms with Crippen molar-refractivity contribution in [3.63, 3.8) is 0 Å². The summed E-state index contributed by atoms with van der Waals surface area (Å²) in [5, 5.41) is 17.4. The Labute approximate surface area is 181 Å². The molecule has 0 unspecified atom stereocenters. The Kier molecular flexibility index (Phi) is 6.41. The molecule has 3 heterocycles. The molecule has 7 nitrogen and oxygen atoms in total. The smallest absolute Gasteiger partial charge is 0.223 e. The second-order valence-electron chi connectivity index (χ2n) is 8.19. The maximum Gasteiger partial charge on any atom is 0.223 e. The van der Waals surface area contributed by atoms with E-state index in [1.54, 1.807) is 0 Å². The second kappa shape index (κ2) is 9.21. The summed E-state index contributed by atoms with van der Waals surface area (Å²) in [5.41, 5.74) is 4.06. The van der Waals surface area contributed by atoms with Gasteiger partial charge in [0.1, 0.15) is 5.69 Å². The van der Waals surface area contributed by atoms with Crippen LogP contribution in [0.25, 0.3) is 22.2 Å². The SMILES string of the molecule is CNCc1cnc2ccc(-c3nc(N[C@@H]4CCOC[C@H]4O)ncc3F)cc2c1C(C)C.